The van der Waals surface area contributed by atoms with Gasteiger partial charge < -0.3 is 4.90 Å². The summed E-state index contributed by atoms with van der Waals surface area (Å²) in [5.41, 5.74) is 0. The van der Waals surface area contributed by atoms with Crippen LogP contribution in [0.3, 0.4) is 0 Å². The highest BCUT2D eigenvalue weighted by Crippen LogP contribution is 2.27. The first kappa shape index (κ1) is 17.4. The fraction of sp³-hybridized carbons (Fsp3) is 1.00. The highest BCUT2D eigenvalue weighted by molar-refractivity contribution is 7.80. The summed E-state index contributed by atoms with van der Waals surface area (Å²) in [5.74, 6) is 2.83. The number of piperidine rings is 1. The normalized spacial score (nSPS) is 28.7. The van der Waals surface area contributed by atoms with Crippen molar-refractivity contribution in [2.45, 2.75) is 78.2 Å². The van der Waals surface area contributed by atoms with Crippen LogP contribution < -0.4 is 0 Å². The number of thiol groups is 1. The lowest BCUT2D eigenvalue weighted by atomic mass is 9.86. The first-order chi connectivity index (χ1) is 9.15. The second-order valence-corrected chi connectivity index (χ2v) is 7.20. The van der Waals surface area contributed by atoms with Crippen molar-refractivity contribution in [1.29, 1.82) is 0 Å². The van der Waals surface area contributed by atoms with Crippen molar-refractivity contribution in [1.82, 2.24) is 4.90 Å². The summed E-state index contributed by atoms with van der Waals surface area (Å²) in [6.45, 7) is 9.92. The van der Waals surface area contributed by atoms with Gasteiger partial charge in [-0.25, -0.2) is 0 Å². The van der Waals surface area contributed by atoms with Crippen LogP contribution in [-0.2, 0) is 0 Å². The first-order valence-electron chi connectivity index (χ1n) is 8.50. The van der Waals surface area contributed by atoms with Gasteiger partial charge in [0, 0.05) is 12.6 Å². The first-order valence-corrected chi connectivity index (χ1v) is 9.13. The Hall–Kier alpha value is 0.310. The molecule has 0 radical (unpaired) electrons. The van der Waals surface area contributed by atoms with Gasteiger partial charge in [0.25, 0.3) is 0 Å². The zero-order valence-electron chi connectivity index (χ0n) is 13.4. The maximum atomic E-state index is 4.26. The number of rotatable bonds is 9. The van der Waals surface area contributed by atoms with Crippen LogP contribution in [0.5, 0.6) is 0 Å². The lowest BCUT2D eigenvalue weighted by Gasteiger charge is -2.41. The molecule has 114 valence electrons. The summed E-state index contributed by atoms with van der Waals surface area (Å²) in [6, 6.07) is 0.798. The van der Waals surface area contributed by atoms with Crippen molar-refractivity contribution < 1.29 is 0 Å². The quantitative estimate of drug-likeness (QED) is 0.460. The van der Waals surface area contributed by atoms with E-state index in [1.165, 1.54) is 64.5 Å². The van der Waals surface area contributed by atoms with E-state index in [2.05, 4.69) is 38.3 Å². The second-order valence-electron chi connectivity index (χ2n) is 6.75. The van der Waals surface area contributed by atoms with Crippen molar-refractivity contribution in [3.8, 4) is 0 Å². The van der Waals surface area contributed by atoms with Crippen LogP contribution in [0.2, 0.25) is 0 Å². The Kier molecular flexibility index (Phi) is 9.23. The van der Waals surface area contributed by atoms with E-state index >= 15 is 0 Å². The largest absolute Gasteiger partial charge is 0.300 e. The van der Waals surface area contributed by atoms with E-state index in [9.17, 15) is 0 Å². The molecule has 0 bridgehead atoms. The van der Waals surface area contributed by atoms with E-state index in [4.69, 9.17) is 0 Å². The maximum absolute atomic E-state index is 4.26. The van der Waals surface area contributed by atoms with Crippen LogP contribution in [0.1, 0.15) is 72.1 Å². The van der Waals surface area contributed by atoms with E-state index in [1.54, 1.807) is 0 Å². The molecule has 1 aliphatic rings. The van der Waals surface area contributed by atoms with Crippen LogP contribution in [0.4, 0.5) is 0 Å². The molecule has 0 aromatic heterocycles. The van der Waals surface area contributed by atoms with Crippen LogP contribution in [-0.4, -0.2) is 29.8 Å². The molecule has 2 heteroatoms. The number of nitrogens with zero attached hydrogens (tertiary/aromatic N) is 1. The molecule has 1 saturated heterocycles. The molecule has 1 aliphatic heterocycles. The molecule has 0 N–H and O–H groups in total. The highest BCUT2D eigenvalue weighted by atomic mass is 32.1. The smallest absolute Gasteiger partial charge is 0.00927 e. The Morgan fingerprint density at radius 3 is 2.11 bits per heavy atom. The van der Waals surface area contributed by atoms with Gasteiger partial charge in [0.2, 0.25) is 0 Å². The third-order valence-corrected chi connectivity index (χ3v) is 5.14. The van der Waals surface area contributed by atoms with Gasteiger partial charge in [-0.3, -0.25) is 0 Å². The van der Waals surface area contributed by atoms with Crippen LogP contribution in [0.25, 0.3) is 0 Å². The summed E-state index contributed by atoms with van der Waals surface area (Å²) < 4.78 is 0. The Bertz CT molecular complexity index is 219. The second kappa shape index (κ2) is 10.1. The van der Waals surface area contributed by atoms with Crippen LogP contribution in [0, 0.1) is 11.8 Å². The molecule has 3 unspecified atom stereocenters. The van der Waals surface area contributed by atoms with Crippen molar-refractivity contribution in [3.63, 3.8) is 0 Å². The fourth-order valence-electron chi connectivity index (χ4n) is 3.44. The molecule has 0 aliphatic carbocycles. The highest BCUT2D eigenvalue weighted by Gasteiger charge is 2.27. The number of unbranched alkanes of at least 4 members (excludes halogenated alkanes) is 6. The molecule has 0 aromatic carbocycles. The molecule has 1 fully saturated rings. The zero-order chi connectivity index (χ0) is 14.1. The minimum Gasteiger partial charge on any atom is -0.300 e. The molecule has 0 spiro atoms. The molecular formula is C17H35NS. The maximum Gasteiger partial charge on any atom is 0.00927 e. The predicted molar refractivity (Wildman–Crippen MR) is 90.2 cm³/mol. The Morgan fingerprint density at radius 1 is 0.895 bits per heavy atom. The standard InChI is InChI=1S/C17H35NS/c1-15-13-16(2)17(3)18(14-15)11-9-7-5-4-6-8-10-12-19/h15-17,19H,4-14H2,1-3H3. The van der Waals surface area contributed by atoms with Gasteiger partial charge in [-0.1, -0.05) is 46.0 Å². The number of hydrogen-bond donors (Lipinski definition) is 1. The molecule has 1 rings (SSSR count). The molecular weight excluding hydrogens is 250 g/mol. The Morgan fingerprint density at radius 2 is 1.47 bits per heavy atom. The predicted octanol–water partition coefficient (Wildman–Crippen LogP) is 5.01. The molecule has 1 heterocycles. The summed E-state index contributed by atoms with van der Waals surface area (Å²) >= 11 is 4.26. The van der Waals surface area contributed by atoms with Gasteiger partial charge in [-0.15, -0.1) is 0 Å². The lowest BCUT2D eigenvalue weighted by Crippen LogP contribution is -2.45. The average molecular weight is 286 g/mol. The minimum absolute atomic E-state index is 0.798. The molecule has 1 nitrogen and oxygen atoms in total. The Labute approximate surface area is 126 Å². The molecule has 0 amide bonds. The zero-order valence-corrected chi connectivity index (χ0v) is 14.3. The number of hydrogen-bond acceptors (Lipinski definition) is 2. The fourth-order valence-corrected chi connectivity index (χ4v) is 3.66. The van der Waals surface area contributed by atoms with Crippen molar-refractivity contribution in [3.05, 3.63) is 0 Å². The van der Waals surface area contributed by atoms with E-state index in [1.807, 2.05) is 0 Å². The van der Waals surface area contributed by atoms with E-state index < -0.39 is 0 Å². The van der Waals surface area contributed by atoms with Gasteiger partial charge in [0.05, 0.1) is 0 Å². The Balaban J connectivity index is 2.02. The van der Waals surface area contributed by atoms with Crippen LogP contribution in [0.15, 0.2) is 0 Å². The average Bonchev–Trinajstić information content (AvgIpc) is 2.38. The summed E-state index contributed by atoms with van der Waals surface area (Å²) in [7, 11) is 0. The van der Waals surface area contributed by atoms with E-state index in [0.29, 0.717) is 0 Å². The molecule has 0 saturated carbocycles. The third kappa shape index (κ3) is 7.04. The monoisotopic (exact) mass is 285 g/mol. The topological polar surface area (TPSA) is 3.24 Å². The van der Waals surface area contributed by atoms with Gasteiger partial charge in [-0.2, -0.15) is 12.6 Å². The van der Waals surface area contributed by atoms with Crippen molar-refractivity contribution in [2.24, 2.45) is 11.8 Å². The molecule has 19 heavy (non-hydrogen) atoms. The summed E-state index contributed by atoms with van der Waals surface area (Å²) in [5, 5.41) is 0. The van der Waals surface area contributed by atoms with Crippen molar-refractivity contribution in [2.75, 3.05) is 18.8 Å². The van der Waals surface area contributed by atoms with Gasteiger partial charge >= 0.3 is 0 Å². The third-order valence-electron chi connectivity index (χ3n) is 4.82. The molecule has 0 aromatic rings. The number of likely N-dealkylation sites (tertiary alicyclic amines) is 1. The van der Waals surface area contributed by atoms with Crippen molar-refractivity contribution >= 4 is 12.6 Å². The van der Waals surface area contributed by atoms with Gasteiger partial charge in [0.1, 0.15) is 0 Å². The van der Waals surface area contributed by atoms with Gasteiger partial charge in [-0.05, 0) is 50.3 Å². The van der Waals surface area contributed by atoms with E-state index in [0.717, 1.165) is 23.6 Å². The molecule has 3 atom stereocenters. The minimum atomic E-state index is 0.798. The van der Waals surface area contributed by atoms with Crippen LogP contribution >= 0.6 is 12.6 Å². The summed E-state index contributed by atoms with van der Waals surface area (Å²) in [4.78, 5) is 2.74. The lowest BCUT2D eigenvalue weighted by molar-refractivity contribution is 0.0780. The SMILES string of the molecule is CC1CC(C)C(C)N(CCCCCCCCCS)C1. The van der Waals surface area contributed by atoms with Gasteiger partial charge in [0.15, 0.2) is 0 Å². The summed E-state index contributed by atoms with van der Waals surface area (Å²) in [6.07, 6.45) is 11.2. The van der Waals surface area contributed by atoms with E-state index in [-0.39, 0.29) is 0 Å².